The maximum Gasteiger partial charge on any atom is 0.0794 e. The van der Waals surface area contributed by atoms with Gasteiger partial charge >= 0.3 is 0 Å². The number of rotatable bonds is 3. The SMILES string of the molecule is NC(Cc1cncs1)c1cccc(I)c1. The molecule has 2 nitrogen and oxygen atoms in total. The van der Waals surface area contributed by atoms with E-state index in [0.29, 0.717) is 0 Å². The fourth-order valence-electron chi connectivity index (χ4n) is 1.41. The van der Waals surface area contributed by atoms with E-state index < -0.39 is 0 Å². The topological polar surface area (TPSA) is 38.9 Å². The minimum absolute atomic E-state index is 0.0696. The van der Waals surface area contributed by atoms with Crippen molar-refractivity contribution in [1.82, 2.24) is 4.98 Å². The number of benzene rings is 1. The van der Waals surface area contributed by atoms with E-state index in [1.54, 1.807) is 11.3 Å². The van der Waals surface area contributed by atoms with Gasteiger partial charge in [0.1, 0.15) is 0 Å². The summed E-state index contributed by atoms with van der Waals surface area (Å²) >= 11 is 3.96. The van der Waals surface area contributed by atoms with Crippen molar-refractivity contribution in [2.24, 2.45) is 5.73 Å². The van der Waals surface area contributed by atoms with E-state index in [-0.39, 0.29) is 6.04 Å². The normalized spacial score (nSPS) is 12.7. The van der Waals surface area contributed by atoms with Crippen LogP contribution in [0, 0.1) is 3.57 Å². The molecule has 1 heterocycles. The van der Waals surface area contributed by atoms with Crippen LogP contribution in [0.5, 0.6) is 0 Å². The molecule has 2 rings (SSSR count). The van der Waals surface area contributed by atoms with Crippen LogP contribution in [-0.2, 0) is 6.42 Å². The van der Waals surface area contributed by atoms with E-state index in [1.807, 2.05) is 17.8 Å². The second kappa shape index (κ2) is 5.05. The molecule has 1 unspecified atom stereocenters. The predicted molar refractivity (Wildman–Crippen MR) is 71.9 cm³/mol. The van der Waals surface area contributed by atoms with Crippen molar-refractivity contribution >= 4 is 33.9 Å². The Morgan fingerprint density at radius 2 is 2.33 bits per heavy atom. The number of nitrogens with zero attached hydrogens (tertiary/aromatic N) is 1. The molecular formula is C11H11IN2S. The van der Waals surface area contributed by atoms with Crippen molar-refractivity contribution < 1.29 is 0 Å². The van der Waals surface area contributed by atoms with Gasteiger partial charge in [0, 0.05) is 27.1 Å². The fraction of sp³-hybridized carbons (Fsp3) is 0.182. The first-order valence-corrected chi connectivity index (χ1v) is 6.60. The molecule has 0 amide bonds. The van der Waals surface area contributed by atoms with E-state index in [1.165, 1.54) is 14.0 Å². The van der Waals surface area contributed by atoms with E-state index in [9.17, 15) is 0 Å². The van der Waals surface area contributed by atoms with Crippen molar-refractivity contribution in [1.29, 1.82) is 0 Å². The van der Waals surface area contributed by atoms with Crippen LogP contribution in [0.3, 0.4) is 0 Å². The monoisotopic (exact) mass is 330 g/mol. The van der Waals surface area contributed by atoms with Crippen molar-refractivity contribution in [2.45, 2.75) is 12.5 Å². The highest BCUT2D eigenvalue weighted by molar-refractivity contribution is 14.1. The molecule has 0 radical (unpaired) electrons. The molecule has 1 aromatic heterocycles. The summed E-state index contributed by atoms with van der Waals surface area (Å²) in [5.41, 5.74) is 9.16. The van der Waals surface area contributed by atoms with Crippen molar-refractivity contribution in [3.8, 4) is 0 Å². The summed E-state index contributed by atoms with van der Waals surface area (Å²) in [5, 5.41) is 0. The third kappa shape index (κ3) is 2.99. The molecule has 0 fully saturated rings. The number of aromatic nitrogens is 1. The number of halogens is 1. The molecule has 15 heavy (non-hydrogen) atoms. The van der Waals surface area contributed by atoms with Gasteiger partial charge in [0.15, 0.2) is 0 Å². The molecular weight excluding hydrogens is 319 g/mol. The standard InChI is InChI=1S/C11H11IN2S/c12-9-3-1-2-8(4-9)11(13)5-10-6-14-7-15-10/h1-4,6-7,11H,5,13H2. The van der Waals surface area contributed by atoms with Gasteiger partial charge in [-0.1, -0.05) is 12.1 Å². The van der Waals surface area contributed by atoms with Crippen molar-refractivity contribution in [3.63, 3.8) is 0 Å². The third-order valence-corrected chi connectivity index (χ3v) is 3.65. The quantitative estimate of drug-likeness (QED) is 0.879. The van der Waals surface area contributed by atoms with Crippen molar-refractivity contribution in [2.75, 3.05) is 0 Å². The second-order valence-corrected chi connectivity index (χ2v) is 5.55. The first kappa shape index (κ1) is 11.0. The van der Waals surface area contributed by atoms with Gasteiger partial charge in [0.2, 0.25) is 0 Å². The Morgan fingerprint density at radius 1 is 1.47 bits per heavy atom. The maximum absolute atomic E-state index is 6.13. The Hall–Kier alpha value is -0.460. The van der Waals surface area contributed by atoms with Crippen LogP contribution in [0.4, 0.5) is 0 Å². The van der Waals surface area contributed by atoms with E-state index in [2.05, 4.69) is 45.8 Å². The van der Waals surface area contributed by atoms with E-state index in [0.717, 1.165) is 6.42 Å². The molecule has 0 saturated heterocycles. The average molecular weight is 330 g/mol. The van der Waals surface area contributed by atoms with Gasteiger partial charge in [-0.15, -0.1) is 11.3 Å². The van der Waals surface area contributed by atoms with Crippen molar-refractivity contribution in [3.05, 3.63) is 50.0 Å². The zero-order valence-corrected chi connectivity index (χ0v) is 11.0. The average Bonchev–Trinajstić information content (AvgIpc) is 2.70. The highest BCUT2D eigenvalue weighted by atomic mass is 127. The van der Waals surface area contributed by atoms with Gasteiger partial charge in [0.25, 0.3) is 0 Å². The minimum atomic E-state index is 0.0696. The van der Waals surface area contributed by atoms with Gasteiger partial charge in [0.05, 0.1) is 5.51 Å². The molecule has 0 saturated carbocycles. The highest BCUT2D eigenvalue weighted by Gasteiger charge is 2.08. The summed E-state index contributed by atoms with van der Waals surface area (Å²) < 4.78 is 1.23. The molecule has 1 aromatic carbocycles. The molecule has 78 valence electrons. The molecule has 2 aromatic rings. The van der Waals surface area contributed by atoms with Gasteiger partial charge in [-0.2, -0.15) is 0 Å². The Labute approximate surface area is 107 Å². The summed E-state index contributed by atoms with van der Waals surface area (Å²) in [6.07, 6.45) is 2.75. The van der Waals surface area contributed by atoms with Crippen LogP contribution in [0.1, 0.15) is 16.5 Å². The lowest BCUT2D eigenvalue weighted by Crippen LogP contribution is -2.12. The molecule has 2 N–H and O–H groups in total. The number of thiazole rings is 1. The van der Waals surface area contributed by atoms with Crippen LogP contribution in [-0.4, -0.2) is 4.98 Å². The lowest BCUT2D eigenvalue weighted by atomic mass is 10.0. The summed E-state index contributed by atoms with van der Waals surface area (Å²) in [6, 6.07) is 8.40. The predicted octanol–water partition coefficient (Wildman–Crippen LogP) is 2.99. The summed E-state index contributed by atoms with van der Waals surface area (Å²) in [5.74, 6) is 0. The Bertz CT molecular complexity index is 428. The molecule has 0 aliphatic rings. The van der Waals surface area contributed by atoms with E-state index in [4.69, 9.17) is 5.73 Å². The molecule has 0 aliphatic heterocycles. The molecule has 0 aliphatic carbocycles. The Balaban J connectivity index is 2.11. The van der Waals surface area contributed by atoms with Crippen LogP contribution < -0.4 is 5.73 Å². The van der Waals surface area contributed by atoms with Crippen LogP contribution >= 0.6 is 33.9 Å². The first-order valence-electron chi connectivity index (χ1n) is 4.64. The largest absolute Gasteiger partial charge is 0.324 e. The highest BCUT2D eigenvalue weighted by Crippen LogP contribution is 2.19. The summed E-state index contributed by atoms with van der Waals surface area (Å²) in [4.78, 5) is 5.29. The molecule has 0 bridgehead atoms. The Morgan fingerprint density at radius 3 is 3.00 bits per heavy atom. The number of hydrogen-bond donors (Lipinski definition) is 1. The lowest BCUT2D eigenvalue weighted by Gasteiger charge is -2.10. The minimum Gasteiger partial charge on any atom is -0.324 e. The number of hydrogen-bond acceptors (Lipinski definition) is 3. The lowest BCUT2D eigenvalue weighted by molar-refractivity contribution is 0.728. The van der Waals surface area contributed by atoms with Crippen LogP contribution in [0.2, 0.25) is 0 Å². The van der Waals surface area contributed by atoms with Crippen LogP contribution in [0.25, 0.3) is 0 Å². The van der Waals surface area contributed by atoms with Gasteiger partial charge in [-0.3, -0.25) is 4.98 Å². The zero-order valence-electron chi connectivity index (χ0n) is 8.06. The van der Waals surface area contributed by atoms with Gasteiger partial charge in [-0.05, 0) is 40.3 Å². The zero-order chi connectivity index (χ0) is 10.7. The Kier molecular flexibility index (Phi) is 3.71. The van der Waals surface area contributed by atoms with Gasteiger partial charge in [-0.25, -0.2) is 0 Å². The maximum atomic E-state index is 6.13. The van der Waals surface area contributed by atoms with Crippen LogP contribution in [0.15, 0.2) is 36.0 Å². The van der Waals surface area contributed by atoms with Gasteiger partial charge < -0.3 is 5.73 Å². The second-order valence-electron chi connectivity index (χ2n) is 3.33. The number of nitrogens with two attached hydrogens (primary N) is 1. The van der Waals surface area contributed by atoms with E-state index >= 15 is 0 Å². The molecule has 1 atom stereocenters. The fourth-order valence-corrected chi connectivity index (χ4v) is 2.64. The summed E-state index contributed by atoms with van der Waals surface area (Å²) in [6.45, 7) is 0. The summed E-state index contributed by atoms with van der Waals surface area (Å²) in [7, 11) is 0. The first-order chi connectivity index (χ1) is 7.25. The smallest absolute Gasteiger partial charge is 0.0794 e. The molecule has 0 spiro atoms. The third-order valence-electron chi connectivity index (χ3n) is 2.18. The molecule has 4 heteroatoms.